The van der Waals surface area contributed by atoms with Gasteiger partial charge in [0, 0.05) is 5.92 Å². The van der Waals surface area contributed by atoms with Crippen LogP contribution in [-0.2, 0) is 0 Å². The van der Waals surface area contributed by atoms with Gasteiger partial charge in [0.2, 0.25) is 0 Å². The summed E-state index contributed by atoms with van der Waals surface area (Å²) < 4.78 is 0. The van der Waals surface area contributed by atoms with E-state index in [0.29, 0.717) is 5.92 Å². The number of hydrogen-bond donors (Lipinski definition) is 2. The van der Waals surface area contributed by atoms with Gasteiger partial charge in [-0.15, -0.1) is 0 Å². The van der Waals surface area contributed by atoms with Gasteiger partial charge in [0.05, 0.1) is 0 Å². The fraction of sp³-hybridized carbons (Fsp3) is 1.00. The molecule has 3 rings (SSSR count). The summed E-state index contributed by atoms with van der Waals surface area (Å²) in [6, 6.07) is 0. The molecule has 0 aromatic rings. The number of fused-ring (bicyclic) bond motifs is 3. The topological polar surface area (TPSA) is 40.5 Å². The molecule has 2 N–H and O–H groups in total. The van der Waals surface area contributed by atoms with E-state index in [1.807, 2.05) is 0 Å². The van der Waals surface area contributed by atoms with Gasteiger partial charge >= 0.3 is 0 Å². The molecule has 1 atom stereocenters. The predicted octanol–water partition coefficient (Wildman–Crippen LogP) is 1.12. The van der Waals surface area contributed by atoms with E-state index < -0.39 is 6.29 Å². The van der Waals surface area contributed by atoms with E-state index in [4.69, 9.17) is 10.2 Å². The van der Waals surface area contributed by atoms with E-state index in [1.54, 1.807) is 0 Å². The van der Waals surface area contributed by atoms with Gasteiger partial charge in [-0.3, -0.25) is 0 Å². The molecule has 0 aromatic carbocycles. The Labute approximate surface area is 67.2 Å². The van der Waals surface area contributed by atoms with Crippen LogP contribution in [0.3, 0.4) is 0 Å². The van der Waals surface area contributed by atoms with Crippen LogP contribution in [0.25, 0.3) is 0 Å². The lowest BCUT2D eigenvalue weighted by molar-refractivity contribution is -0.128. The molecule has 0 spiro atoms. The standard InChI is InChI=1S/C9H16O2/c10-9(11)8-5-6-1-3-7(8)4-2-6/h6-11H,1-5H2. The molecule has 0 aliphatic heterocycles. The second kappa shape index (κ2) is 2.76. The minimum absolute atomic E-state index is 0.197. The largest absolute Gasteiger partial charge is 0.368 e. The molecule has 64 valence electrons. The third kappa shape index (κ3) is 1.30. The van der Waals surface area contributed by atoms with Gasteiger partial charge in [0.25, 0.3) is 0 Å². The Morgan fingerprint density at radius 3 is 1.91 bits per heavy atom. The molecule has 2 heteroatoms. The molecule has 0 saturated heterocycles. The van der Waals surface area contributed by atoms with E-state index in [0.717, 1.165) is 12.3 Å². The zero-order valence-electron chi connectivity index (χ0n) is 6.74. The smallest absolute Gasteiger partial charge is 0.154 e. The molecule has 2 nitrogen and oxygen atoms in total. The summed E-state index contributed by atoms with van der Waals surface area (Å²) in [5.74, 6) is 1.61. The second-order valence-electron chi connectivity index (χ2n) is 4.09. The van der Waals surface area contributed by atoms with Crippen molar-refractivity contribution in [1.82, 2.24) is 0 Å². The highest BCUT2D eigenvalue weighted by Gasteiger charge is 2.38. The monoisotopic (exact) mass is 156 g/mol. The van der Waals surface area contributed by atoms with E-state index in [-0.39, 0.29) is 5.92 Å². The summed E-state index contributed by atoms with van der Waals surface area (Å²) in [6.45, 7) is 0. The average molecular weight is 156 g/mol. The van der Waals surface area contributed by atoms with Crippen LogP contribution in [0.1, 0.15) is 32.1 Å². The first-order valence-electron chi connectivity index (χ1n) is 4.63. The van der Waals surface area contributed by atoms with Gasteiger partial charge in [-0.25, -0.2) is 0 Å². The zero-order chi connectivity index (χ0) is 7.84. The van der Waals surface area contributed by atoms with Crippen molar-refractivity contribution in [2.75, 3.05) is 0 Å². The Morgan fingerprint density at radius 2 is 1.64 bits per heavy atom. The van der Waals surface area contributed by atoms with E-state index in [1.165, 1.54) is 25.7 Å². The molecule has 3 aliphatic carbocycles. The zero-order valence-corrected chi connectivity index (χ0v) is 6.74. The molecule has 0 heterocycles. The van der Waals surface area contributed by atoms with Crippen molar-refractivity contribution in [2.24, 2.45) is 17.8 Å². The second-order valence-corrected chi connectivity index (χ2v) is 4.09. The third-order valence-corrected chi connectivity index (χ3v) is 3.49. The highest BCUT2D eigenvalue weighted by molar-refractivity contribution is 4.86. The Morgan fingerprint density at radius 1 is 1.00 bits per heavy atom. The normalized spacial score (nSPS) is 43.4. The summed E-state index contributed by atoms with van der Waals surface area (Å²) in [5, 5.41) is 18.1. The quantitative estimate of drug-likeness (QED) is 0.558. The molecule has 3 aliphatic rings. The SMILES string of the molecule is OC(O)C1CC2CCC1CC2. The maximum Gasteiger partial charge on any atom is 0.154 e. The van der Waals surface area contributed by atoms with Gasteiger partial charge in [-0.2, -0.15) is 0 Å². The molecule has 1 unspecified atom stereocenters. The van der Waals surface area contributed by atoms with Crippen LogP contribution < -0.4 is 0 Å². The molecule has 11 heavy (non-hydrogen) atoms. The first kappa shape index (κ1) is 7.56. The minimum Gasteiger partial charge on any atom is -0.368 e. The van der Waals surface area contributed by atoms with Crippen molar-refractivity contribution in [3.05, 3.63) is 0 Å². The lowest BCUT2D eigenvalue weighted by Crippen LogP contribution is -2.38. The number of aliphatic hydroxyl groups excluding tert-OH is 1. The van der Waals surface area contributed by atoms with Crippen LogP contribution in [0.5, 0.6) is 0 Å². The lowest BCUT2D eigenvalue weighted by Gasteiger charge is -2.42. The maximum absolute atomic E-state index is 9.05. The Hall–Kier alpha value is -0.0800. The molecular weight excluding hydrogens is 140 g/mol. The summed E-state index contributed by atoms with van der Waals surface area (Å²) >= 11 is 0. The van der Waals surface area contributed by atoms with Crippen molar-refractivity contribution >= 4 is 0 Å². The van der Waals surface area contributed by atoms with Gasteiger partial charge in [-0.1, -0.05) is 12.8 Å². The van der Waals surface area contributed by atoms with Crippen LogP contribution in [-0.4, -0.2) is 16.5 Å². The summed E-state index contributed by atoms with van der Waals surface area (Å²) in [5.41, 5.74) is 0. The Bertz CT molecular complexity index is 136. The molecular formula is C9H16O2. The van der Waals surface area contributed by atoms with Crippen molar-refractivity contribution < 1.29 is 10.2 Å². The highest BCUT2D eigenvalue weighted by Crippen LogP contribution is 2.45. The predicted molar refractivity (Wildman–Crippen MR) is 41.8 cm³/mol. The van der Waals surface area contributed by atoms with Crippen LogP contribution in [0.4, 0.5) is 0 Å². The molecule has 0 aromatic heterocycles. The van der Waals surface area contributed by atoms with Gasteiger partial charge in [0.15, 0.2) is 6.29 Å². The highest BCUT2D eigenvalue weighted by atomic mass is 16.5. The molecule has 3 fully saturated rings. The molecule has 2 bridgehead atoms. The van der Waals surface area contributed by atoms with E-state index in [2.05, 4.69) is 0 Å². The number of aliphatic hydroxyl groups is 2. The van der Waals surface area contributed by atoms with Crippen molar-refractivity contribution in [3.63, 3.8) is 0 Å². The van der Waals surface area contributed by atoms with Gasteiger partial charge in [-0.05, 0) is 31.1 Å². The van der Waals surface area contributed by atoms with Crippen LogP contribution >= 0.6 is 0 Å². The first-order valence-corrected chi connectivity index (χ1v) is 4.63. The lowest BCUT2D eigenvalue weighted by atomic mass is 9.64. The van der Waals surface area contributed by atoms with Crippen molar-refractivity contribution in [2.45, 2.75) is 38.4 Å². The Balaban J connectivity index is 2.03. The fourth-order valence-corrected chi connectivity index (χ4v) is 2.79. The maximum atomic E-state index is 9.05. The van der Waals surface area contributed by atoms with E-state index >= 15 is 0 Å². The van der Waals surface area contributed by atoms with E-state index in [9.17, 15) is 0 Å². The van der Waals surface area contributed by atoms with Gasteiger partial charge in [0.1, 0.15) is 0 Å². The van der Waals surface area contributed by atoms with Crippen molar-refractivity contribution in [1.29, 1.82) is 0 Å². The fourth-order valence-electron chi connectivity index (χ4n) is 2.79. The molecule has 0 radical (unpaired) electrons. The number of rotatable bonds is 1. The average Bonchev–Trinajstić information content (AvgIpc) is 2.06. The first-order chi connectivity index (χ1) is 5.27. The molecule has 0 amide bonds. The number of hydrogen-bond acceptors (Lipinski definition) is 2. The van der Waals surface area contributed by atoms with Crippen LogP contribution in [0, 0.1) is 17.8 Å². The van der Waals surface area contributed by atoms with Crippen LogP contribution in [0.2, 0.25) is 0 Å². The summed E-state index contributed by atoms with van der Waals surface area (Å²) in [4.78, 5) is 0. The summed E-state index contributed by atoms with van der Waals surface area (Å²) in [6.07, 6.45) is 5.12. The Kier molecular flexibility index (Phi) is 1.90. The van der Waals surface area contributed by atoms with Gasteiger partial charge < -0.3 is 10.2 Å². The third-order valence-electron chi connectivity index (χ3n) is 3.49. The summed E-state index contributed by atoms with van der Waals surface area (Å²) in [7, 11) is 0. The van der Waals surface area contributed by atoms with Crippen LogP contribution in [0.15, 0.2) is 0 Å². The van der Waals surface area contributed by atoms with Crippen molar-refractivity contribution in [3.8, 4) is 0 Å². The minimum atomic E-state index is -1.05. The molecule has 3 saturated carbocycles.